The molecule has 0 saturated heterocycles. The van der Waals surface area contributed by atoms with E-state index in [1.54, 1.807) is 23.1 Å². The topological polar surface area (TPSA) is 58.6 Å². The molecule has 180 valence electrons. The molecular formula is C26H34Cl2N2O3. The lowest BCUT2D eigenvalue weighted by molar-refractivity contribution is -0.141. The number of hydrogen-bond acceptors (Lipinski definition) is 3. The Kier molecular flexibility index (Phi) is 11.6. The third-order valence-electron chi connectivity index (χ3n) is 5.40. The first-order chi connectivity index (χ1) is 15.8. The molecule has 2 rings (SSSR count). The Bertz CT molecular complexity index is 903. The van der Waals surface area contributed by atoms with Crippen molar-refractivity contribution >= 4 is 35.0 Å². The minimum absolute atomic E-state index is 0.106. The van der Waals surface area contributed by atoms with Crippen LogP contribution in [0.1, 0.15) is 57.1 Å². The van der Waals surface area contributed by atoms with Gasteiger partial charge in [-0.1, -0.05) is 67.2 Å². The molecule has 0 aliphatic rings. The molecule has 2 amide bonds. The highest BCUT2D eigenvalue weighted by Gasteiger charge is 2.28. The molecule has 0 fully saturated rings. The lowest BCUT2D eigenvalue weighted by Crippen LogP contribution is -2.49. The number of nitrogens with zero attached hydrogens (tertiary/aromatic N) is 1. The van der Waals surface area contributed by atoms with Crippen LogP contribution in [0, 0.1) is 6.92 Å². The smallest absolute Gasteiger partial charge is 0.242 e. The lowest BCUT2D eigenvalue weighted by Gasteiger charge is -2.31. The van der Waals surface area contributed by atoms with Crippen molar-refractivity contribution in [1.29, 1.82) is 0 Å². The summed E-state index contributed by atoms with van der Waals surface area (Å²) in [6.45, 7) is 7.26. The molecule has 1 N–H and O–H groups in total. The van der Waals surface area contributed by atoms with Gasteiger partial charge in [0.15, 0.2) is 0 Å². The average Bonchev–Trinajstić information content (AvgIpc) is 2.79. The number of unbranched alkanes of at least 4 members (excludes halogenated alkanes) is 1. The molecule has 1 atom stereocenters. The van der Waals surface area contributed by atoms with Gasteiger partial charge in [-0.25, -0.2) is 0 Å². The molecule has 7 heteroatoms. The average molecular weight is 493 g/mol. The molecule has 0 aliphatic carbocycles. The second-order valence-corrected chi connectivity index (χ2v) is 8.93. The number of ether oxygens (including phenoxy) is 1. The molecule has 0 saturated carbocycles. The summed E-state index contributed by atoms with van der Waals surface area (Å²) in [5, 5.41) is 3.96. The number of rotatable bonds is 13. The third kappa shape index (κ3) is 8.90. The SMILES string of the molecule is CCCCNC(=O)[C@H](CC)N(Cc1ccc(Cl)cc1Cl)C(=O)CCCOc1ccc(C)cc1. The molecule has 33 heavy (non-hydrogen) atoms. The minimum Gasteiger partial charge on any atom is -0.494 e. The van der Waals surface area contributed by atoms with Crippen LogP contribution in [0.2, 0.25) is 10.0 Å². The first kappa shape index (κ1) is 27.0. The molecule has 0 aliphatic heterocycles. The number of nitrogens with one attached hydrogen (secondary N) is 1. The highest BCUT2D eigenvalue weighted by atomic mass is 35.5. The monoisotopic (exact) mass is 492 g/mol. The summed E-state index contributed by atoms with van der Waals surface area (Å²) in [5.74, 6) is 0.533. The number of aryl methyl sites for hydroxylation is 1. The predicted octanol–water partition coefficient (Wildman–Crippen LogP) is 6.18. The van der Waals surface area contributed by atoms with E-state index in [0.29, 0.717) is 36.0 Å². The normalized spacial score (nSPS) is 11.7. The van der Waals surface area contributed by atoms with E-state index in [1.165, 1.54) is 0 Å². The zero-order valence-corrected chi connectivity index (χ0v) is 21.2. The number of carbonyl (C=O) groups is 2. The van der Waals surface area contributed by atoms with E-state index in [1.807, 2.05) is 38.1 Å². The third-order valence-corrected chi connectivity index (χ3v) is 5.98. The van der Waals surface area contributed by atoms with Crippen molar-refractivity contribution in [1.82, 2.24) is 10.2 Å². The number of hydrogen-bond donors (Lipinski definition) is 1. The highest BCUT2D eigenvalue weighted by molar-refractivity contribution is 6.35. The van der Waals surface area contributed by atoms with Gasteiger partial charge < -0.3 is 15.0 Å². The predicted molar refractivity (Wildman–Crippen MR) is 135 cm³/mol. The Morgan fingerprint density at radius 3 is 2.42 bits per heavy atom. The van der Waals surface area contributed by atoms with Crippen LogP contribution in [0.4, 0.5) is 0 Å². The van der Waals surface area contributed by atoms with Gasteiger partial charge in [0.2, 0.25) is 11.8 Å². The fraction of sp³-hybridized carbons (Fsp3) is 0.462. The summed E-state index contributed by atoms with van der Waals surface area (Å²) in [6, 6.07) is 12.4. The first-order valence-corrected chi connectivity index (χ1v) is 12.3. The Hall–Kier alpha value is -2.24. The van der Waals surface area contributed by atoms with E-state index < -0.39 is 6.04 Å². The lowest BCUT2D eigenvalue weighted by atomic mass is 10.1. The second-order valence-electron chi connectivity index (χ2n) is 8.09. The van der Waals surface area contributed by atoms with Gasteiger partial charge in [-0.05, 0) is 56.0 Å². The van der Waals surface area contributed by atoms with Crippen molar-refractivity contribution in [2.24, 2.45) is 0 Å². The van der Waals surface area contributed by atoms with Crippen LogP contribution in [0.25, 0.3) is 0 Å². The van der Waals surface area contributed by atoms with Crippen molar-refractivity contribution in [3.05, 3.63) is 63.6 Å². The van der Waals surface area contributed by atoms with Crippen molar-refractivity contribution in [2.45, 2.75) is 65.5 Å². The summed E-state index contributed by atoms with van der Waals surface area (Å²) in [7, 11) is 0. The molecule has 0 heterocycles. The highest BCUT2D eigenvalue weighted by Crippen LogP contribution is 2.24. The molecular weight excluding hydrogens is 459 g/mol. The van der Waals surface area contributed by atoms with E-state index >= 15 is 0 Å². The van der Waals surface area contributed by atoms with Gasteiger partial charge in [-0.15, -0.1) is 0 Å². The van der Waals surface area contributed by atoms with Crippen LogP contribution >= 0.6 is 23.2 Å². The maximum atomic E-state index is 13.2. The van der Waals surface area contributed by atoms with Crippen molar-refractivity contribution in [3.63, 3.8) is 0 Å². The zero-order valence-electron chi connectivity index (χ0n) is 19.7. The summed E-state index contributed by atoms with van der Waals surface area (Å²) >= 11 is 12.4. The largest absolute Gasteiger partial charge is 0.494 e. The van der Waals surface area contributed by atoms with Crippen LogP contribution in [0.15, 0.2) is 42.5 Å². The molecule has 2 aromatic rings. The molecule has 0 bridgehead atoms. The summed E-state index contributed by atoms with van der Waals surface area (Å²) in [4.78, 5) is 27.7. The van der Waals surface area contributed by atoms with E-state index in [4.69, 9.17) is 27.9 Å². The van der Waals surface area contributed by atoms with Gasteiger partial charge in [0, 0.05) is 29.6 Å². The van der Waals surface area contributed by atoms with Gasteiger partial charge in [0.1, 0.15) is 11.8 Å². The van der Waals surface area contributed by atoms with Gasteiger partial charge >= 0.3 is 0 Å². The van der Waals surface area contributed by atoms with Crippen molar-refractivity contribution in [2.75, 3.05) is 13.2 Å². The van der Waals surface area contributed by atoms with E-state index in [2.05, 4.69) is 12.2 Å². The van der Waals surface area contributed by atoms with Crippen LogP contribution in [-0.2, 0) is 16.1 Å². The van der Waals surface area contributed by atoms with Crippen molar-refractivity contribution < 1.29 is 14.3 Å². The van der Waals surface area contributed by atoms with Crippen molar-refractivity contribution in [3.8, 4) is 5.75 Å². The van der Waals surface area contributed by atoms with Crippen LogP contribution in [0.3, 0.4) is 0 Å². The Balaban J connectivity index is 2.07. The maximum absolute atomic E-state index is 13.2. The summed E-state index contributed by atoms with van der Waals surface area (Å²) in [5.41, 5.74) is 1.92. The Labute approximate surface area is 207 Å². The van der Waals surface area contributed by atoms with Crippen LogP contribution < -0.4 is 10.1 Å². The molecule has 0 unspecified atom stereocenters. The van der Waals surface area contributed by atoms with Gasteiger partial charge in [0.05, 0.1) is 6.61 Å². The fourth-order valence-electron chi connectivity index (χ4n) is 3.45. The van der Waals surface area contributed by atoms with E-state index in [9.17, 15) is 9.59 Å². The maximum Gasteiger partial charge on any atom is 0.242 e. The van der Waals surface area contributed by atoms with E-state index in [-0.39, 0.29) is 24.8 Å². The number of benzene rings is 2. The molecule has 0 spiro atoms. The molecule has 0 aromatic heterocycles. The molecule has 5 nitrogen and oxygen atoms in total. The second kappa shape index (κ2) is 14.1. The Morgan fingerprint density at radius 2 is 1.79 bits per heavy atom. The number of halogens is 2. The summed E-state index contributed by atoms with van der Waals surface area (Å²) < 4.78 is 5.76. The van der Waals surface area contributed by atoms with Crippen LogP contribution in [-0.4, -0.2) is 35.9 Å². The standard InChI is InChI=1S/C26H34Cl2N2O3/c1-4-6-15-29-26(32)24(5-2)30(18-20-11-12-21(27)17-23(20)28)25(31)8-7-16-33-22-13-9-19(3)10-14-22/h9-14,17,24H,4-8,15-16,18H2,1-3H3,(H,29,32)/t24-/m0/s1. The zero-order chi connectivity index (χ0) is 24.2. The first-order valence-electron chi connectivity index (χ1n) is 11.6. The van der Waals surface area contributed by atoms with Gasteiger partial charge in [-0.3, -0.25) is 9.59 Å². The Morgan fingerprint density at radius 1 is 1.06 bits per heavy atom. The van der Waals surface area contributed by atoms with E-state index in [0.717, 1.165) is 29.7 Å². The molecule has 2 aromatic carbocycles. The molecule has 0 radical (unpaired) electrons. The quantitative estimate of drug-likeness (QED) is 0.339. The number of amides is 2. The number of carbonyl (C=O) groups excluding carboxylic acids is 2. The van der Waals surface area contributed by atoms with Gasteiger partial charge in [0.25, 0.3) is 0 Å². The summed E-state index contributed by atoms with van der Waals surface area (Å²) in [6.07, 6.45) is 3.21. The van der Waals surface area contributed by atoms with Gasteiger partial charge in [-0.2, -0.15) is 0 Å². The fourth-order valence-corrected chi connectivity index (χ4v) is 3.92. The minimum atomic E-state index is -0.570. The van der Waals surface area contributed by atoms with Crippen LogP contribution in [0.5, 0.6) is 5.75 Å².